The van der Waals surface area contributed by atoms with Gasteiger partial charge in [0, 0.05) is 11.9 Å². The van der Waals surface area contributed by atoms with Crippen molar-refractivity contribution in [2.45, 2.75) is 6.92 Å². The number of hydrogen-bond acceptors (Lipinski definition) is 5. The Labute approximate surface area is 161 Å². The van der Waals surface area contributed by atoms with Crippen molar-refractivity contribution >= 4 is 17.8 Å². The zero-order valence-corrected chi connectivity index (χ0v) is 15.2. The maximum atomic E-state index is 12.3. The van der Waals surface area contributed by atoms with Crippen molar-refractivity contribution in [2.24, 2.45) is 0 Å². The monoisotopic (exact) mass is 375 g/mol. The number of fused-ring (bicyclic) bond motifs is 1. The molecule has 2 heterocycles. The highest BCUT2D eigenvalue weighted by molar-refractivity contribution is 6.21. The zero-order chi connectivity index (χ0) is 19.7. The summed E-state index contributed by atoms with van der Waals surface area (Å²) < 4.78 is 6.99. The molecular formula is C21H17N3O4. The highest BCUT2D eigenvalue weighted by atomic mass is 16.5. The normalized spacial score (nSPS) is 13.0. The van der Waals surface area contributed by atoms with E-state index in [2.05, 4.69) is 5.10 Å². The molecule has 1 aliphatic rings. The van der Waals surface area contributed by atoms with Crippen LogP contribution in [0.2, 0.25) is 0 Å². The van der Waals surface area contributed by atoms with Gasteiger partial charge in [0.05, 0.1) is 28.9 Å². The molecule has 0 spiro atoms. The third-order valence-corrected chi connectivity index (χ3v) is 4.61. The zero-order valence-electron chi connectivity index (χ0n) is 15.2. The Hall–Kier alpha value is -3.74. The van der Waals surface area contributed by atoms with Gasteiger partial charge < -0.3 is 4.74 Å². The van der Waals surface area contributed by atoms with Gasteiger partial charge in [0.2, 0.25) is 0 Å². The number of rotatable bonds is 5. The molecule has 0 radical (unpaired) electrons. The van der Waals surface area contributed by atoms with Gasteiger partial charge in [-0.05, 0) is 49.4 Å². The second kappa shape index (κ2) is 7.11. The largest absolute Gasteiger partial charge is 0.460 e. The first-order valence-electron chi connectivity index (χ1n) is 8.79. The minimum atomic E-state index is -0.514. The first kappa shape index (κ1) is 17.7. The molecule has 1 aliphatic heterocycles. The van der Waals surface area contributed by atoms with Crippen LogP contribution in [0.15, 0.2) is 60.8 Å². The van der Waals surface area contributed by atoms with Gasteiger partial charge >= 0.3 is 5.97 Å². The van der Waals surface area contributed by atoms with E-state index in [0.29, 0.717) is 16.7 Å². The lowest BCUT2D eigenvalue weighted by Gasteiger charge is -2.14. The Morgan fingerprint density at radius 3 is 2.18 bits per heavy atom. The van der Waals surface area contributed by atoms with Crippen LogP contribution in [0.25, 0.3) is 5.69 Å². The predicted octanol–water partition coefficient (Wildman–Crippen LogP) is 2.63. The van der Waals surface area contributed by atoms with E-state index in [0.717, 1.165) is 16.3 Å². The number of aromatic nitrogens is 2. The number of carbonyl (C=O) groups is 3. The van der Waals surface area contributed by atoms with E-state index in [1.165, 1.54) is 0 Å². The van der Waals surface area contributed by atoms with E-state index < -0.39 is 5.97 Å². The number of ether oxygens (including phenoxy) is 1. The van der Waals surface area contributed by atoms with Crippen molar-refractivity contribution in [3.05, 3.63) is 83.2 Å². The van der Waals surface area contributed by atoms with E-state index in [1.54, 1.807) is 59.4 Å². The SMILES string of the molecule is Cc1ccnn1-c1ccc(C(=O)OCCN2C(=O)c3ccccc3C2=O)cc1. The van der Waals surface area contributed by atoms with Crippen LogP contribution in [0.5, 0.6) is 0 Å². The highest BCUT2D eigenvalue weighted by Gasteiger charge is 2.34. The molecule has 0 atom stereocenters. The van der Waals surface area contributed by atoms with Crippen molar-refractivity contribution in [1.29, 1.82) is 0 Å². The molecule has 0 fully saturated rings. The van der Waals surface area contributed by atoms with Crippen molar-refractivity contribution in [1.82, 2.24) is 14.7 Å². The van der Waals surface area contributed by atoms with Gasteiger partial charge in [0.1, 0.15) is 6.61 Å². The van der Waals surface area contributed by atoms with E-state index in [1.807, 2.05) is 13.0 Å². The lowest BCUT2D eigenvalue weighted by molar-refractivity contribution is 0.0420. The maximum absolute atomic E-state index is 12.3. The average molecular weight is 375 g/mol. The van der Waals surface area contributed by atoms with E-state index in [-0.39, 0.29) is 25.0 Å². The Kier molecular flexibility index (Phi) is 4.49. The number of hydrogen-bond donors (Lipinski definition) is 0. The Morgan fingerprint density at radius 1 is 0.964 bits per heavy atom. The molecule has 7 nitrogen and oxygen atoms in total. The quantitative estimate of drug-likeness (QED) is 0.506. The van der Waals surface area contributed by atoms with Crippen LogP contribution >= 0.6 is 0 Å². The van der Waals surface area contributed by atoms with Gasteiger partial charge in [-0.1, -0.05) is 12.1 Å². The van der Waals surface area contributed by atoms with Crippen LogP contribution in [0.3, 0.4) is 0 Å². The summed E-state index contributed by atoms with van der Waals surface area (Å²) in [4.78, 5) is 37.9. The van der Waals surface area contributed by atoms with Gasteiger partial charge in [-0.2, -0.15) is 5.10 Å². The van der Waals surface area contributed by atoms with Crippen LogP contribution in [-0.4, -0.2) is 45.6 Å². The minimum absolute atomic E-state index is 0.0165. The third kappa shape index (κ3) is 3.07. The molecule has 0 bridgehead atoms. The Bertz CT molecular complexity index is 1030. The van der Waals surface area contributed by atoms with E-state index in [4.69, 9.17) is 4.74 Å². The summed E-state index contributed by atoms with van der Waals surface area (Å²) in [6.07, 6.45) is 1.71. The number of aryl methyl sites for hydroxylation is 1. The van der Waals surface area contributed by atoms with Crippen LogP contribution in [0.1, 0.15) is 36.8 Å². The molecule has 7 heteroatoms. The molecular weight excluding hydrogens is 358 g/mol. The molecule has 1 aromatic heterocycles. The molecule has 140 valence electrons. The van der Waals surface area contributed by atoms with E-state index >= 15 is 0 Å². The molecule has 0 saturated carbocycles. The standard InChI is InChI=1S/C21H17N3O4/c1-14-10-11-22-24(14)16-8-6-15(7-9-16)21(27)28-13-12-23-19(25)17-4-2-3-5-18(17)20(23)26/h2-11H,12-13H2,1H3. The Morgan fingerprint density at radius 2 is 1.61 bits per heavy atom. The maximum Gasteiger partial charge on any atom is 0.338 e. The van der Waals surface area contributed by atoms with Crippen LogP contribution < -0.4 is 0 Å². The summed E-state index contributed by atoms with van der Waals surface area (Å²) in [5.74, 6) is -1.24. The fraction of sp³-hybridized carbons (Fsp3) is 0.143. The summed E-state index contributed by atoms with van der Waals surface area (Å²) in [6.45, 7) is 1.89. The number of esters is 1. The fourth-order valence-electron chi connectivity index (χ4n) is 3.13. The van der Waals surface area contributed by atoms with Crippen molar-refractivity contribution in [3.8, 4) is 5.69 Å². The Balaban J connectivity index is 1.36. The number of nitrogens with zero attached hydrogens (tertiary/aromatic N) is 3. The highest BCUT2D eigenvalue weighted by Crippen LogP contribution is 2.22. The molecule has 3 aromatic rings. The van der Waals surface area contributed by atoms with Gasteiger partial charge in [0.25, 0.3) is 11.8 Å². The number of imide groups is 1. The van der Waals surface area contributed by atoms with Gasteiger partial charge in [-0.25, -0.2) is 9.48 Å². The fourth-order valence-corrected chi connectivity index (χ4v) is 3.13. The van der Waals surface area contributed by atoms with Gasteiger partial charge in [-0.15, -0.1) is 0 Å². The predicted molar refractivity (Wildman–Crippen MR) is 100 cm³/mol. The molecule has 28 heavy (non-hydrogen) atoms. The number of carbonyl (C=O) groups excluding carboxylic acids is 3. The number of amides is 2. The first-order chi connectivity index (χ1) is 13.6. The molecule has 0 saturated heterocycles. The third-order valence-electron chi connectivity index (χ3n) is 4.61. The summed E-state index contributed by atoms with van der Waals surface area (Å²) in [7, 11) is 0. The smallest absolute Gasteiger partial charge is 0.338 e. The molecule has 2 amide bonds. The van der Waals surface area contributed by atoms with Crippen LogP contribution in [0.4, 0.5) is 0 Å². The topological polar surface area (TPSA) is 81.5 Å². The van der Waals surface area contributed by atoms with Crippen LogP contribution in [-0.2, 0) is 4.74 Å². The first-order valence-corrected chi connectivity index (χ1v) is 8.79. The van der Waals surface area contributed by atoms with Gasteiger partial charge in [0.15, 0.2) is 0 Å². The van der Waals surface area contributed by atoms with Crippen LogP contribution in [0, 0.1) is 6.92 Å². The summed E-state index contributed by atoms with van der Waals surface area (Å²) in [5.41, 5.74) is 2.96. The number of benzene rings is 2. The van der Waals surface area contributed by atoms with Gasteiger partial charge in [-0.3, -0.25) is 14.5 Å². The summed E-state index contributed by atoms with van der Waals surface area (Å²) in [6, 6.07) is 15.4. The molecule has 4 rings (SSSR count). The second-order valence-corrected chi connectivity index (χ2v) is 6.37. The van der Waals surface area contributed by atoms with Crippen molar-refractivity contribution in [3.63, 3.8) is 0 Å². The lowest BCUT2D eigenvalue weighted by atomic mass is 10.1. The molecule has 2 aromatic carbocycles. The van der Waals surface area contributed by atoms with Crippen molar-refractivity contribution in [2.75, 3.05) is 13.2 Å². The van der Waals surface area contributed by atoms with Crippen molar-refractivity contribution < 1.29 is 19.1 Å². The average Bonchev–Trinajstić information content (AvgIpc) is 3.25. The molecule has 0 aliphatic carbocycles. The summed E-state index contributed by atoms with van der Waals surface area (Å²) >= 11 is 0. The van der Waals surface area contributed by atoms with E-state index in [9.17, 15) is 14.4 Å². The lowest BCUT2D eigenvalue weighted by Crippen LogP contribution is -2.33. The minimum Gasteiger partial charge on any atom is -0.460 e. The summed E-state index contributed by atoms with van der Waals surface area (Å²) in [5, 5.41) is 4.22. The molecule has 0 N–H and O–H groups in total. The second-order valence-electron chi connectivity index (χ2n) is 6.37. The molecule has 0 unspecified atom stereocenters.